The Hall–Kier alpha value is -7.99. The zero-order valence-electron chi connectivity index (χ0n) is 33.6. The molecule has 0 N–H and O–H groups in total. The van der Waals surface area contributed by atoms with Crippen molar-refractivity contribution in [2.75, 3.05) is 0 Å². The predicted molar refractivity (Wildman–Crippen MR) is 258 cm³/mol. The first kappa shape index (κ1) is 34.8. The Morgan fingerprint density at radius 2 is 0.742 bits per heavy atom. The standard InChI is InChI=1S/C57H36N4Si/c1-4-19-37(20-5-1)55-58-56(38-21-6-2-7-22-38)60-57(59-55)45-30-18-36-51-54(45)44-27-12-15-34-49(44)62(51)48-33-14-11-26-43(48)53-41(29-17-35-50(53)62)40-28-16-32-47-52(40)42-25-10-13-31-46(42)61(47)39-23-8-3-9-24-39/h1-36H. The molecule has 62 heavy (non-hydrogen) atoms. The molecule has 2 aliphatic rings. The Bertz CT molecular complexity index is 3520. The molecule has 5 heteroatoms. The molecule has 0 aliphatic carbocycles. The second-order valence-electron chi connectivity index (χ2n) is 16.2. The van der Waals surface area contributed by atoms with Gasteiger partial charge in [0.15, 0.2) is 25.5 Å². The number of aromatic nitrogens is 4. The van der Waals surface area contributed by atoms with Gasteiger partial charge >= 0.3 is 0 Å². The Labute approximate surface area is 360 Å². The highest BCUT2D eigenvalue weighted by atomic mass is 28.3. The Balaban J connectivity index is 1.09. The van der Waals surface area contributed by atoms with Crippen LogP contribution in [0, 0.1) is 0 Å². The van der Waals surface area contributed by atoms with E-state index in [2.05, 4.69) is 187 Å². The van der Waals surface area contributed by atoms with Crippen molar-refractivity contribution in [3.63, 3.8) is 0 Å². The monoisotopic (exact) mass is 804 g/mol. The average molecular weight is 805 g/mol. The van der Waals surface area contributed by atoms with Gasteiger partial charge in [-0.25, -0.2) is 15.0 Å². The van der Waals surface area contributed by atoms with Crippen molar-refractivity contribution in [1.82, 2.24) is 19.5 Å². The summed E-state index contributed by atoms with van der Waals surface area (Å²) in [6.07, 6.45) is 0. The molecule has 288 valence electrons. The second kappa shape index (κ2) is 13.5. The number of fused-ring (bicyclic) bond motifs is 13. The van der Waals surface area contributed by atoms with Crippen LogP contribution in [0.4, 0.5) is 0 Å². The molecule has 13 rings (SSSR count). The van der Waals surface area contributed by atoms with Gasteiger partial charge < -0.3 is 4.57 Å². The van der Waals surface area contributed by atoms with Crippen LogP contribution in [-0.4, -0.2) is 27.6 Å². The van der Waals surface area contributed by atoms with Crippen molar-refractivity contribution in [3.05, 3.63) is 218 Å². The van der Waals surface area contributed by atoms with Gasteiger partial charge in [0.1, 0.15) is 0 Å². The first-order chi connectivity index (χ1) is 30.8. The topological polar surface area (TPSA) is 43.6 Å². The molecule has 9 aromatic carbocycles. The lowest BCUT2D eigenvalue weighted by Gasteiger charge is -2.28. The summed E-state index contributed by atoms with van der Waals surface area (Å²) in [6, 6.07) is 79.2. The third-order valence-corrected chi connectivity index (χ3v) is 18.0. The molecule has 1 spiro atoms. The zero-order chi connectivity index (χ0) is 40.8. The minimum Gasteiger partial charge on any atom is -0.309 e. The number of hydrogen-bond acceptors (Lipinski definition) is 3. The maximum Gasteiger partial charge on any atom is 0.182 e. The maximum atomic E-state index is 5.28. The Kier molecular flexibility index (Phi) is 7.59. The van der Waals surface area contributed by atoms with Crippen molar-refractivity contribution in [2.24, 2.45) is 0 Å². The summed E-state index contributed by atoms with van der Waals surface area (Å²) in [5.41, 5.74) is 14.2. The summed E-state index contributed by atoms with van der Waals surface area (Å²) in [4.78, 5) is 15.6. The van der Waals surface area contributed by atoms with Gasteiger partial charge in [-0.1, -0.05) is 194 Å². The lowest BCUT2D eigenvalue weighted by molar-refractivity contribution is 1.07. The number of para-hydroxylation sites is 2. The van der Waals surface area contributed by atoms with E-state index in [9.17, 15) is 0 Å². The average Bonchev–Trinajstić information content (AvgIpc) is 3.97. The molecule has 11 aromatic rings. The molecule has 0 fully saturated rings. The van der Waals surface area contributed by atoms with Gasteiger partial charge in [0.25, 0.3) is 0 Å². The predicted octanol–water partition coefficient (Wildman–Crippen LogP) is 11.0. The molecule has 4 heterocycles. The first-order valence-electron chi connectivity index (χ1n) is 21.2. The molecule has 2 aliphatic heterocycles. The van der Waals surface area contributed by atoms with Crippen molar-refractivity contribution >= 4 is 50.6 Å². The van der Waals surface area contributed by atoms with Gasteiger partial charge in [-0.2, -0.15) is 0 Å². The first-order valence-corrected chi connectivity index (χ1v) is 23.2. The van der Waals surface area contributed by atoms with E-state index in [-0.39, 0.29) is 0 Å². The Morgan fingerprint density at radius 3 is 1.39 bits per heavy atom. The van der Waals surface area contributed by atoms with E-state index in [0.717, 1.165) is 22.4 Å². The number of nitrogens with zero attached hydrogens (tertiary/aromatic N) is 4. The minimum absolute atomic E-state index is 0.661. The van der Waals surface area contributed by atoms with Crippen molar-refractivity contribution in [1.29, 1.82) is 0 Å². The van der Waals surface area contributed by atoms with E-state index in [0.29, 0.717) is 17.5 Å². The van der Waals surface area contributed by atoms with Crippen LogP contribution in [0.15, 0.2) is 218 Å². The van der Waals surface area contributed by atoms with Crippen LogP contribution in [0.3, 0.4) is 0 Å². The van der Waals surface area contributed by atoms with E-state index in [1.165, 1.54) is 75.9 Å². The summed E-state index contributed by atoms with van der Waals surface area (Å²) in [6.45, 7) is 0. The van der Waals surface area contributed by atoms with Crippen LogP contribution in [0.5, 0.6) is 0 Å². The molecule has 0 saturated heterocycles. The number of hydrogen-bond donors (Lipinski definition) is 0. The van der Waals surface area contributed by atoms with Crippen molar-refractivity contribution < 1.29 is 0 Å². The van der Waals surface area contributed by atoms with Crippen molar-refractivity contribution in [3.8, 4) is 73.2 Å². The number of benzene rings is 9. The summed E-state index contributed by atoms with van der Waals surface area (Å²) < 4.78 is 2.42. The smallest absolute Gasteiger partial charge is 0.182 e. The molecule has 2 aromatic heterocycles. The molecule has 0 bridgehead atoms. The highest BCUT2D eigenvalue weighted by Gasteiger charge is 2.55. The molecular weight excluding hydrogens is 769 g/mol. The molecular formula is C57H36N4Si. The van der Waals surface area contributed by atoms with Gasteiger partial charge in [0, 0.05) is 33.2 Å². The van der Waals surface area contributed by atoms with E-state index in [1.807, 2.05) is 36.4 Å². The van der Waals surface area contributed by atoms with Gasteiger partial charge in [0.05, 0.1) is 11.0 Å². The summed E-state index contributed by atoms with van der Waals surface area (Å²) in [5.74, 6) is 2.00. The molecule has 0 saturated carbocycles. The van der Waals surface area contributed by atoms with Crippen LogP contribution in [0.2, 0.25) is 0 Å². The lowest BCUT2D eigenvalue weighted by atomic mass is 9.92. The zero-order valence-corrected chi connectivity index (χ0v) is 34.6. The SMILES string of the molecule is c1ccc(-c2nc(-c3ccccc3)nc(-c3cccc4c3-c3ccccc3[Si]43c4ccccc4-c4c(-c5cccc6c5c5ccccc5n6-c5ccccc5)cccc43)n2)cc1. The highest BCUT2D eigenvalue weighted by Crippen LogP contribution is 2.45. The third kappa shape index (κ3) is 4.85. The molecule has 1 unspecified atom stereocenters. The van der Waals surface area contributed by atoms with Crippen LogP contribution in [0.1, 0.15) is 0 Å². The fraction of sp³-hybridized carbons (Fsp3) is 0. The van der Waals surface area contributed by atoms with E-state index >= 15 is 0 Å². The van der Waals surface area contributed by atoms with Crippen molar-refractivity contribution in [2.45, 2.75) is 0 Å². The van der Waals surface area contributed by atoms with Gasteiger partial charge in [-0.15, -0.1) is 0 Å². The summed E-state index contributed by atoms with van der Waals surface area (Å²) >= 11 is 0. The summed E-state index contributed by atoms with van der Waals surface area (Å²) in [5, 5.41) is 8.16. The molecule has 1 atom stereocenters. The van der Waals surface area contributed by atoms with E-state index in [4.69, 9.17) is 15.0 Å². The quantitative estimate of drug-likeness (QED) is 0.163. The normalized spacial score (nSPS) is 14.5. The molecule has 0 amide bonds. The number of rotatable bonds is 5. The lowest BCUT2D eigenvalue weighted by Crippen LogP contribution is -2.70. The van der Waals surface area contributed by atoms with E-state index in [1.54, 1.807) is 0 Å². The van der Waals surface area contributed by atoms with Gasteiger partial charge in [-0.3, -0.25) is 0 Å². The second-order valence-corrected chi connectivity index (χ2v) is 19.9. The third-order valence-electron chi connectivity index (χ3n) is 13.1. The van der Waals surface area contributed by atoms with Crippen LogP contribution < -0.4 is 20.7 Å². The highest BCUT2D eigenvalue weighted by molar-refractivity contribution is 7.24. The maximum absolute atomic E-state index is 5.28. The van der Waals surface area contributed by atoms with Crippen LogP contribution in [0.25, 0.3) is 95.0 Å². The van der Waals surface area contributed by atoms with Crippen LogP contribution >= 0.6 is 0 Å². The van der Waals surface area contributed by atoms with Gasteiger partial charge in [0.2, 0.25) is 0 Å². The molecule has 4 nitrogen and oxygen atoms in total. The fourth-order valence-corrected chi connectivity index (χ4v) is 16.3. The van der Waals surface area contributed by atoms with Gasteiger partial charge in [-0.05, 0) is 78.4 Å². The van der Waals surface area contributed by atoms with E-state index < -0.39 is 8.07 Å². The fourth-order valence-electron chi connectivity index (χ4n) is 10.7. The van der Waals surface area contributed by atoms with Crippen LogP contribution in [-0.2, 0) is 0 Å². The molecule has 0 radical (unpaired) electrons. The largest absolute Gasteiger partial charge is 0.309 e. The summed E-state index contributed by atoms with van der Waals surface area (Å²) in [7, 11) is -2.88. The Morgan fingerprint density at radius 1 is 0.306 bits per heavy atom. The minimum atomic E-state index is -2.88.